The molecule has 1 aromatic rings. The fourth-order valence-corrected chi connectivity index (χ4v) is 3.26. The Kier molecular flexibility index (Phi) is 6.62. The molecule has 0 aliphatic rings. The first-order valence-corrected chi connectivity index (χ1v) is 8.37. The van der Waals surface area contributed by atoms with Crippen LogP contribution in [-0.4, -0.2) is 27.2 Å². The number of ether oxygens (including phenoxy) is 1. The zero-order valence-electron chi connectivity index (χ0n) is 11.2. The lowest BCUT2D eigenvalue weighted by molar-refractivity contribution is 0.413. The average Bonchev–Trinajstić information content (AvgIpc) is 2.38. The molecular weight excluding hydrogens is 286 g/mol. The summed E-state index contributed by atoms with van der Waals surface area (Å²) in [5.74, 6) is 1.31. The van der Waals surface area contributed by atoms with Gasteiger partial charge in [-0.3, -0.25) is 0 Å². The van der Waals surface area contributed by atoms with E-state index in [-0.39, 0.29) is 11.8 Å². The number of halogens is 1. The van der Waals surface area contributed by atoms with Crippen LogP contribution in [-0.2, 0) is 10.0 Å². The van der Waals surface area contributed by atoms with E-state index in [0.29, 0.717) is 24.5 Å². The highest BCUT2D eigenvalue weighted by Crippen LogP contribution is 2.19. The van der Waals surface area contributed by atoms with Gasteiger partial charge in [0.15, 0.2) is 0 Å². The van der Waals surface area contributed by atoms with Gasteiger partial charge in [-0.1, -0.05) is 12.1 Å². The van der Waals surface area contributed by atoms with Gasteiger partial charge in [0, 0.05) is 11.9 Å². The van der Waals surface area contributed by atoms with E-state index < -0.39 is 10.0 Å². The predicted molar refractivity (Wildman–Crippen MR) is 78.3 cm³/mol. The third-order valence-electron chi connectivity index (χ3n) is 2.75. The van der Waals surface area contributed by atoms with Gasteiger partial charge in [-0.05, 0) is 37.5 Å². The van der Waals surface area contributed by atoms with Crippen molar-refractivity contribution in [3.63, 3.8) is 0 Å². The summed E-state index contributed by atoms with van der Waals surface area (Å²) in [6.07, 6.45) is 1.28. The van der Waals surface area contributed by atoms with Crippen molar-refractivity contribution in [1.82, 2.24) is 4.72 Å². The molecule has 0 fully saturated rings. The smallest absolute Gasteiger partial charge is 0.212 e. The zero-order valence-corrected chi connectivity index (χ0v) is 12.8. The maximum Gasteiger partial charge on any atom is 0.212 e. The molecule has 1 atom stereocenters. The van der Waals surface area contributed by atoms with Gasteiger partial charge in [-0.2, -0.15) is 0 Å². The topological polar surface area (TPSA) is 55.4 Å². The molecule has 0 radical (unpaired) electrons. The molecule has 108 valence electrons. The van der Waals surface area contributed by atoms with Gasteiger partial charge in [0.2, 0.25) is 10.0 Å². The number of hydrogen-bond donors (Lipinski definition) is 1. The first-order chi connectivity index (χ1) is 8.98. The van der Waals surface area contributed by atoms with Crippen molar-refractivity contribution in [2.45, 2.75) is 25.8 Å². The minimum Gasteiger partial charge on any atom is -0.497 e. The second-order valence-corrected chi connectivity index (χ2v) is 6.58. The molecule has 1 unspecified atom stereocenters. The van der Waals surface area contributed by atoms with Crippen LogP contribution in [0.1, 0.15) is 31.4 Å². The third-order valence-corrected chi connectivity index (χ3v) is 4.55. The Bertz CT molecular complexity index is 490. The van der Waals surface area contributed by atoms with Gasteiger partial charge in [-0.25, -0.2) is 13.1 Å². The molecule has 0 saturated carbocycles. The number of nitrogens with one attached hydrogen (secondary N) is 1. The number of unbranched alkanes of at least 4 members (excludes halogenated alkanes) is 1. The second kappa shape index (κ2) is 7.72. The molecule has 0 aliphatic carbocycles. The largest absolute Gasteiger partial charge is 0.497 e. The van der Waals surface area contributed by atoms with Crippen LogP contribution in [0.4, 0.5) is 0 Å². The molecule has 0 aromatic heterocycles. The summed E-state index contributed by atoms with van der Waals surface area (Å²) in [6, 6.07) is 7.08. The van der Waals surface area contributed by atoms with Gasteiger partial charge >= 0.3 is 0 Å². The fraction of sp³-hybridized carbons (Fsp3) is 0.538. The summed E-state index contributed by atoms with van der Waals surface area (Å²) >= 11 is 5.54. The van der Waals surface area contributed by atoms with Crippen molar-refractivity contribution in [3.05, 3.63) is 29.8 Å². The molecule has 0 spiro atoms. The highest BCUT2D eigenvalue weighted by Gasteiger charge is 2.15. The van der Waals surface area contributed by atoms with Gasteiger partial charge < -0.3 is 4.74 Å². The molecule has 1 N–H and O–H groups in total. The van der Waals surface area contributed by atoms with Crippen molar-refractivity contribution >= 4 is 21.6 Å². The Labute approximate surface area is 120 Å². The van der Waals surface area contributed by atoms with E-state index in [2.05, 4.69) is 4.72 Å². The average molecular weight is 306 g/mol. The lowest BCUT2D eigenvalue weighted by atomic mass is 10.1. The van der Waals surface area contributed by atoms with Crippen LogP contribution in [0.25, 0.3) is 0 Å². The summed E-state index contributed by atoms with van der Waals surface area (Å²) in [4.78, 5) is 0. The number of alkyl halides is 1. The summed E-state index contributed by atoms with van der Waals surface area (Å²) in [7, 11) is -1.69. The lowest BCUT2D eigenvalue weighted by Crippen LogP contribution is -2.29. The number of methoxy groups -OCH3 is 1. The summed E-state index contributed by atoms with van der Waals surface area (Å²) < 4.78 is 31.5. The van der Waals surface area contributed by atoms with Gasteiger partial charge in [0.1, 0.15) is 5.75 Å². The highest BCUT2D eigenvalue weighted by molar-refractivity contribution is 7.89. The highest BCUT2D eigenvalue weighted by atomic mass is 35.5. The lowest BCUT2D eigenvalue weighted by Gasteiger charge is -2.15. The molecule has 1 rings (SSSR count). The van der Waals surface area contributed by atoms with E-state index in [1.54, 1.807) is 7.11 Å². The Morgan fingerprint density at radius 3 is 2.74 bits per heavy atom. The van der Waals surface area contributed by atoms with Crippen LogP contribution in [0.2, 0.25) is 0 Å². The van der Waals surface area contributed by atoms with Crippen LogP contribution in [0.3, 0.4) is 0 Å². The van der Waals surface area contributed by atoms with Gasteiger partial charge in [0.05, 0.1) is 12.9 Å². The minimum absolute atomic E-state index is 0.105. The molecule has 1 aromatic carbocycles. The van der Waals surface area contributed by atoms with E-state index in [1.807, 2.05) is 31.2 Å². The second-order valence-electron chi connectivity index (χ2n) is 4.33. The quantitative estimate of drug-likeness (QED) is 0.593. The van der Waals surface area contributed by atoms with Gasteiger partial charge in [0.25, 0.3) is 0 Å². The number of hydrogen-bond acceptors (Lipinski definition) is 3. The van der Waals surface area contributed by atoms with E-state index in [4.69, 9.17) is 16.3 Å². The van der Waals surface area contributed by atoms with E-state index in [1.165, 1.54) is 0 Å². The first kappa shape index (κ1) is 16.3. The Morgan fingerprint density at radius 2 is 2.11 bits per heavy atom. The number of sulfonamides is 1. The summed E-state index contributed by atoms with van der Waals surface area (Å²) in [5, 5.41) is 0. The number of benzene rings is 1. The van der Waals surface area contributed by atoms with E-state index in [9.17, 15) is 8.42 Å². The predicted octanol–water partition coefficient (Wildman–Crippen LogP) is 2.69. The van der Waals surface area contributed by atoms with E-state index in [0.717, 1.165) is 5.56 Å². The fourth-order valence-electron chi connectivity index (χ4n) is 1.69. The molecule has 0 saturated heterocycles. The molecule has 4 nitrogen and oxygen atoms in total. The molecule has 0 aliphatic heterocycles. The maximum absolute atomic E-state index is 11.9. The summed E-state index contributed by atoms with van der Waals surface area (Å²) in [5.41, 5.74) is 0.875. The van der Waals surface area contributed by atoms with Crippen LogP contribution >= 0.6 is 11.6 Å². The van der Waals surface area contributed by atoms with Crippen molar-refractivity contribution in [2.24, 2.45) is 0 Å². The van der Waals surface area contributed by atoms with Crippen LogP contribution in [0.5, 0.6) is 5.75 Å². The zero-order chi connectivity index (χ0) is 14.3. The number of rotatable bonds is 8. The molecule has 19 heavy (non-hydrogen) atoms. The van der Waals surface area contributed by atoms with Crippen LogP contribution in [0, 0.1) is 0 Å². The van der Waals surface area contributed by atoms with Gasteiger partial charge in [-0.15, -0.1) is 11.6 Å². The van der Waals surface area contributed by atoms with Crippen molar-refractivity contribution in [3.8, 4) is 5.75 Å². The van der Waals surface area contributed by atoms with Crippen LogP contribution in [0.15, 0.2) is 24.3 Å². The van der Waals surface area contributed by atoms with Crippen molar-refractivity contribution < 1.29 is 13.2 Å². The normalized spacial score (nSPS) is 13.2. The minimum atomic E-state index is -3.27. The SMILES string of the molecule is COc1cccc(C(C)NS(=O)(=O)CCCCCl)c1. The Morgan fingerprint density at radius 1 is 1.37 bits per heavy atom. The molecular formula is C13H20ClNO3S. The standard InChI is InChI=1S/C13H20ClNO3S/c1-11(12-6-5-7-13(10-12)18-2)15-19(16,17)9-4-3-8-14/h5-7,10-11,15H,3-4,8-9H2,1-2H3. The monoisotopic (exact) mass is 305 g/mol. The molecule has 6 heteroatoms. The van der Waals surface area contributed by atoms with Crippen molar-refractivity contribution in [2.75, 3.05) is 18.7 Å². The first-order valence-electron chi connectivity index (χ1n) is 6.18. The molecule has 0 heterocycles. The van der Waals surface area contributed by atoms with Crippen LogP contribution < -0.4 is 9.46 Å². The Balaban J connectivity index is 2.64. The Hall–Kier alpha value is -0.780. The molecule has 0 bridgehead atoms. The molecule has 0 amide bonds. The summed E-state index contributed by atoms with van der Waals surface area (Å²) in [6.45, 7) is 1.81. The van der Waals surface area contributed by atoms with E-state index >= 15 is 0 Å². The maximum atomic E-state index is 11.9. The van der Waals surface area contributed by atoms with Crippen molar-refractivity contribution in [1.29, 1.82) is 0 Å². The third kappa shape index (κ3) is 5.80.